The summed E-state index contributed by atoms with van der Waals surface area (Å²) in [7, 11) is 0. The molecule has 2 N–H and O–H groups in total. The maximum atomic E-state index is 12.3. The zero-order valence-corrected chi connectivity index (χ0v) is 14.5. The van der Waals surface area contributed by atoms with Gasteiger partial charge < -0.3 is 10.4 Å². The van der Waals surface area contributed by atoms with Crippen LogP contribution in [0.15, 0.2) is 30.3 Å². The lowest BCUT2D eigenvalue weighted by Crippen LogP contribution is -2.51. The maximum absolute atomic E-state index is 12.3. The molecular weight excluding hydrogens is 306 g/mol. The lowest BCUT2D eigenvalue weighted by Gasteiger charge is -2.24. The molecule has 6 nitrogen and oxygen atoms in total. The predicted molar refractivity (Wildman–Crippen MR) is 91.0 cm³/mol. The maximum Gasteiger partial charge on any atom is 0.329 e. The van der Waals surface area contributed by atoms with Crippen LogP contribution in [-0.2, 0) is 11.3 Å². The highest BCUT2D eigenvalue weighted by Gasteiger charge is 2.32. The molecule has 1 unspecified atom stereocenters. The van der Waals surface area contributed by atoms with Crippen LogP contribution < -0.4 is 5.32 Å². The summed E-state index contributed by atoms with van der Waals surface area (Å²) < 4.78 is 1.91. The third kappa shape index (κ3) is 3.82. The fourth-order valence-corrected chi connectivity index (χ4v) is 2.39. The van der Waals surface area contributed by atoms with Gasteiger partial charge in [-0.2, -0.15) is 5.10 Å². The highest BCUT2D eigenvalue weighted by Crippen LogP contribution is 2.13. The number of carbonyl (C=O) groups is 2. The molecule has 0 saturated carbocycles. The third-order valence-corrected chi connectivity index (χ3v) is 4.22. The first-order valence-electron chi connectivity index (χ1n) is 7.91. The van der Waals surface area contributed by atoms with Crippen LogP contribution in [-0.4, -0.2) is 32.3 Å². The standard InChI is InChI=1S/C18H23N3O3/c1-5-18(4,17(23)24)19-16(22)15-8-6-14(7-9-15)11-21-13(3)10-12(2)20-21/h6-10H,5,11H2,1-4H3,(H,19,22)(H,23,24). The summed E-state index contributed by atoms with van der Waals surface area (Å²) in [5.41, 5.74) is 2.24. The van der Waals surface area contributed by atoms with Gasteiger partial charge in [-0.1, -0.05) is 19.1 Å². The molecular formula is C18H23N3O3. The molecule has 0 aliphatic rings. The minimum Gasteiger partial charge on any atom is -0.480 e. The van der Waals surface area contributed by atoms with Gasteiger partial charge in [0, 0.05) is 11.3 Å². The molecule has 128 valence electrons. The SMILES string of the molecule is CCC(C)(NC(=O)c1ccc(Cn2nc(C)cc2C)cc1)C(=O)O. The Morgan fingerprint density at radius 3 is 2.33 bits per heavy atom. The summed E-state index contributed by atoms with van der Waals surface area (Å²) in [6, 6.07) is 9.13. The van der Waals surface area contributed by atoms with Gasteiger partial charge in [0.05, 0.1) is 12.2 Å². The summed E-state index contributed by atoms with van der Waals surface area (Å²) in [5.74, 6) is -1.43. The Labute approximate surface area is 141 Å². The largest absolute Gasteiger partial charge is 0.480 e. The van der Waals surface area contributed by atoms with Crippen LogP contribution in [0.3, 0.4) is 0 Å². The quantitative estimate of drug-likeness (QED) is 0.853. The van der Waals surface area contributed by atoms with E-state index in [0.29, 0.717) is 18.5 Å². The van der Waals surface area contributed by atoms with Crippen molar-refractivity contribution in [2.24, 2.45) is 0 Å². The normalized spacial score (nSPS) is 13.3. The molecule has 2 aromatic rings. The number of amides is 1. The average Bonchev–Trinajstić information content (AvgIpc) is 2.85. The number of rotatable bonds is 6. The van der Waals surface area contributed by atoms with E-state index in [-0.39, 0.29) is 5.91 Å². The lowest BCUT2D eigenvalue weighted by atomic mass is 9.98. The van der Waals surface area contributed by atoms with Crippen molar-refractivity contribution < 1.29 is 14.7 Å². The lowest BCUT2D eigenvalue weighted by molar-refractivity contribution is -0.143. The van der Waals surface area contributed by atoms with Crippen molar-refractivity contribution in [1.82, 2.24) is 15.1 Å². The molecule has 0 saturated heterocycles. The van der Waals surface area contributed by atoms with Crippen LogP contribution in [0.5, 0.6) is 0 Å². The van der Waals surface area contributed by atoms with Crippen LogP contribution in [0.25, 0.3) is 0 Å². The Morgan fingerprint density at radius 1 is 1.25 bits per heavy atom. The molecule has 6 heteroatoms. The van der Waals surface area contributed by atoms with Gasteiger partial charge in [-0.25, -0.2) is 4.79 Å². The predicted octanol–water partition coefficient (Wildman–Crippen LogP) is 2.53. The number of carboxylic acids is 1. The average molecular weight is 329 g/mol. The molecule has 0 spiro atoms. The smallest absolute Gasteiger partial charge is 0.329 e. The molecule has 1 atom stereocenters. The number of nitrogens with one attached hydrogen (secondary N) is 1. The van der Waals surface area contributed by atoms with Crippen molar-refractivity contribution in [3.63, 3.8) is 0 Å². The van der Waals surface area contributed by atoms with Crippen LogP contribution in [0.4, 0.5) is 0 Å². The van der Waals surface area contributed by atoms with Gasteiger partial charge >= 0.3 is 5.97 Å². The molecule has 0 radical (unpaired) electrons. The second-order valence-corrected chi connectivity index (χ2v) is 6.23. The topological polar surface area (TPSA) is 84.2 Å². The minimum atomic E-state index is -1.26. The highest BCUT2D eigenvalue weighted by molar-refractivity contribution is 5.97. The van der Waals surface area contributed by atoms with Gasteiger partial charge in [-0.05, 0) is 51.0 Å². The zero-order chi connectivity index (χ0) is 17.9. The number of hydrogen-bond acceptors (Lipinski definition) is 3. The molecule has 0 fully saturated rings. The number of aliphatic carboxylic acids is 1. The molecule has 24 heavy (non-hydrogen) atoms. The number of aryl methyl sites for hydroxylation is 2. The van der Waals surface area contributed by atoms with Crippen molar-refractivity contribution in [1.29, 1.82) is 0 Å². The number of benzene rings is 1. The van der Waals surface area contributed by atoms with E-state index < -0.39 is 11.5 Å². The molecule has 0 aliphatic heterocycles. The number of nitrogens with zero attached hydrogens (tertiary/aromatic N) is 2. The van der Waals surface area contributed by atoms with Gasteiger partial charge in [0.2, 0.25) is 0 Å². The second kappa shape index (κ2) is 6.86. The fourth-order valence-electron chi connectivity index (χ4n) is 2.39. The summed E-state index contributed by atoms with van der Waals surface area (Å²) in [6.07, 6.45) is 0.310. The zero-order valence-electron chi connectivity index (χ0n) is 14.5. The van der Waals surface area contributed by atoms with Crippen molar-refractivity contribution in [2.75, 3.05) is 0 Å². The van der Waals surface area contributed by atoms with Gasteiger partial charge in [-0.15, -0.1) is 0 Å². The van der Waals surface area contributed by atoms with Gasteiger partial charge in [0.25, 0.3) is 5.91 Å². The number of hydrogen-bond donors (Lipinski definition) is 2. The van der Waals surface area contributed by atoms with Crippen molar-refractivity contribution in [3.05, 3.63) is 52.8 Å². The van der Waals surface area contributed by atoms with Crippen molar-refractivity contribution >= 4 is 11.9 Å². The molecule has 0 bridgehead atoms. The Bertz CT molecular complexity index is 749. The first-order chi connectivity index (χ1) is 11.2. The molecule has 1 heterocycles. The Morgan fingerprint density at radius 2 is 1.88 bits per heavy atom. The minimum absolute atomic E-state index is 0.310. The van der Waals surface area contributed by atoms with E-state index in [0.717, 1.165) is 17.0 Å². The first-order valence-corrected chi connectivity index (χ1v) is 7.91. The van der Waals surface area contributed by atoms with Crippen LogP contribution in [0.2, 0.25) is 0 Å². The molecule has 1 aromatic carbocycles. The Kier molecular flexibility index (Phi) is 5.07. The van der Waals surface area contributed by atoms with Crippen LogP contribution in [0.1, 0.15) is 47.6 Å². The third-order valence-electron chi connectivity index (χ3n) is 4.22. The van der Waals surface area contributed by atoms with E-state index in [1.165, 1.54) is 6.92 Å². The van der Waals surface area contributed by atoms with Crippen molar-refractivity contribution in [2.45, 2.75) is 46.2 Å². The second-order valence-electron chi connectivity index (χ2n) is 6.23. The Balaban J connectivity index is 2.10. The van der Waals surface area contributed by atoms with E-state index in [1.807, 2.05) is 36.7 Å². The first kappa shape index (κ1) is 17.7. The summed E-state index contributed by atoms with van der Waals surface area (Å²) in [5, 5.41) is 16.2. The van der Waals surface area contributed by atoms with Gasteiger partial charge in [0.1, 0.15) is 5.54 Å². The van der Waals surface area contributed by atoms with Gasteiger partial charge in [0.15, 0.2) is 0 Å². The molecule has 1 aromatic heterocycles. The monoisotopic (exact) mass is 329 g/mol. The van der Waals surface area contributed by atoms with E-state index >= 15 is 0 Å². The Hall–Kier alpha value is -2.63. The van der Waals surface area contributed by atoms with E-state index in [2.05, 4.69) is 10.4 Å². The van der Waals surface area contributed by atoms with Crippen LogP contribution in [0, 0.1) is 13.8 Å². The number of carboxylic acid groups (broad SMARTS) is 1. The van der Waals surface area contributed by atoms with Crippen molar-refractivity contribution in [3.8, 4) is 0 Å². The number of carbonyl (C=O) groups excluding carboxylic acids is 1. The summed E-state index contributed by atoms with van der Waals surface area (Å²) >= 11 is 0. The molecule has 0 aliphatic carbocycles. The van der Waals surface area contributed by atoms with Crippen LogP contribution >= 0.6 is 0 Å². The summed E-state index contributed by atoms with van der Waals surface area (Å²) in [6.45, 7) is 7.81. The molecule has 1 amide bonds. The van der Waals surface area contributed by atoms with E-state index in [1.54, 1.807) is 19.1 Å². The fraction of sp³-hybridized carbons (Fsp3) is 0.389. The van der Waals surface area contributed by atoms with E-state index in [4.69, 9.17) is 0 Å². The summed E-state index contributed by atoms with van der Waals surface area (Å²) in [4.78, 5) is 23.5. The molecule has 2 rings (SSSR count). The van der Waals surface area contributed by atoms with Gasteiger partial charge in [-0.3, -0.25) is 9.48 Å². The van der Waals surface area contributed by atoms with E-state index in [9.17, 15) is 14.7 Å². The number of aromatic nitrogens is 2. The highest BCUT2D eigenvalue weighted by atomic mass is 16.4.